The third-order valence-corrected chi connectivity index (χ3v) is 15.2. The molecule has 2 unspecified atom stereocenters. The first kappa shape index (κ1) is 32.0. The van der Waals surface area contributed by atoms with E-state index in [0.29, 0.717) is 0 Å². The van der Waals surface area contributed by atoms with Crippen molar-refractivity contribution in [1.29, 1.82) is 0 Å². The van der Waals surface area contributed by atoms with Crippen molar-refractivity contribution in [3.05, 3.63) is 166 Å². The Labute approximate surface area is 325 Å². The number of hydrogen-bond acceptors (Lipinski definition) is 1. The number of aromatic nitrogens is 1. The lowest BCUT2D eigenvalue weighted by molar-refractivity contribution is 0.195. The van der Waals surface area contributed by atoms with Crippen molar-refractivity contribution < 1.29 is 0 Å². The molecule has 0 amide bonds. The normalized spacial score (nSPS) is 21.9. The number of nitrogens with zero attached hydrogens (tertiary/aromatic N) is 2. The maximum absolute atomic E-state index is 2.87. The van der Waals surface area contributed by atoms with Crippen molar-refractivity contribution in [3.63, 3.8) is 0 Å². The Hall–Kier alpha value is -5.28. The minimum absolute atomic E-state index is 0.0140. The van der Waals surface area contributed by atoms with E-state index in [1.807, 2.05) is 0 Å². The fourth-order valence-electron chi connectivity index (χ4n) is 12.6. The molecular formula is C52H47BN2. The maximum atomic E-state index is 2.87. The average Bonchev–Trinajstić information content (AvgIpc) is 3.76. The van der Waals surface area contributed by atoms with Gasteiger partial charge in [0.25, 0.3) is 6.71 Å². The van der Waals surface area contributed by atoms with Crippen molar-refractivity contribution in [1.82, 2.24) is 4.57 Å². The topological polar surface area (TPSA) is 8.17 Å². The zero-order valence-electron chi connectivity index (χ0n) is 32.9. The molecule has 3 aliphatic heterocycles. The predicted molar refractivity (Wildman–Crippen MR) is 231 cm³/mol. The summed E-state index contributed by atoms with van der Waals surface area (Å²) in [5.74, 6) is 0. The number of rotatable bonds is 2. The molecule has 4 heterocycles. The molecule has 2 nitrogen and oxygen atoms in total. The van der Waals surface area contributed by atoms with Gasteiger partial charge in [0.2, 0.25) is 0 Å². The predicted octanol–water partition coefficient (Wildman–Crippen LogP) is 10.5. The summed E-state index contributed by atoms with van der Waals surface area (Å²) in [7, 11) is 0. The summed E-state index contributed by atoms with van der Waals surface area (Å²) >= 11 is 0. The minimum Gasteiger partial charge on any atom is -0.335 e. The van der Waals surface area contributed by atoms with Crippen LogP contribution in [0.2, 0.25) is 0 Å². The Morgan fingerprint density at radius 3 is 2.04 bits per heavy atom. The van der Waals surface area contributed by atoms with E-state index in [9.17, 15) is 0 Å². The monoisotopic (exact) mass is 710 g/mol. The second-order valence-corrected chi connectivity index (χ2v) is 18.8. The van der Waals surface area contributed by atoms with Gasteiger partial charge in [0, 0.05) is 44.5 Å². The molecule has 2 atom stereocenters. The molecule has 1 fully saturated rings. The lowest BCUT2D eigenvalue weighted by Crippen LogP contribution is -2.64. The molecule has 3 heteroatoms. The van der Waals surface area contributed by atoms with Gasteiger partial charge in [-0.05, 0) is 100 Å². The van der Waals surface area contributed by atoms with Crippen molar-refractivity contribution in [2.24, 2.45) is 0 Å². The summed E-state index contributed by atoms with van der Waals surface area (Å²) in [5, 5.41) is 1.39. The Balaban J connectivity index is 1.31. The van der Waals surface area contributed by atoms with Crippen molar-refractivity contribution in [2.75, 3.05) is 4.90 Å². The lowest BCUT2D eigenvalue weighted by atomic mass is 9.33. The highest BCUT2D eigenvalue weighted by Crippen LogP contribution is 2.63. The van der Waals surface area contributed by atoms with Gasteiger partial charge >= 0.3 is 0 Å². The molecule has 1 saturated carbocycles. The van der Waals surface area contributed by atoms with Crippen LogP contribution in [0.5, 0.6) is 0 Å². The van der Waals surface area contributed by atoms with Crippen LogP contribution in [0.1, 0.15) is 99.2 Å². The fraction of sp³-hybridized carbons (Fsp3) is 0.269. The van der Waals surface area contributed by atoms with E-state index in [1.165, 1.54) is 115 Å². The molecule has 12 rings (SSSR count). The quantitative estimate of drug-likeness (QED) is 0.162. The number of para-hydroxylation sites is 1. The molecule has 6 aromatic carbocycles. The molecule has 0 radical (unpaired) electrons. The van der Waals surface area contributed by atoms with Gasteiger partial charge in [-0.25, -0.2) is 0 Å². The van der Waals surface area contributed by atoms with Gasteiger partial charge in [-0.3, -0.25) is 0 Å². The summed E-state index contributed by atoms with van der Waals surface area (Å²) in [4.78, 5) is 2.87. The molecule has 268 valence electrons. The Bertz CT molecular complexity index is 2760. The van der Waals surface area contributed by atoms with Crippen molar-refractivity contribution in [3.8, 4) is 16.9 Å². The molecule has 7 aromatic rings. The second kappa shape index (κ2) is 10.3. The van der Waals surface area contributed by atoms with Crippen molar-refractivity contribution >= 4 is 45.4 Å². The van der Waals surface area contributed by atoms with Crippen LogP contribution in [0.3, 0.4) is 0 Å². The largest absolute Gasteiger partial charge is 0.335 e. The SMILES string of the molecule is Cc1cc2c3c(c1)-n1c4c(c5cc(C(C)(C)C)cc(c51)B3c1cccc3c1N2C1(C)CCCCC31C)C(c1ccccc1)(c1ccccc1)c1ccccc1-4. The standard InChI is InChI=1S/C52H47BN2/c1-32-28-42-45-43(29-32)55-48-39(50(5)26-15-16-27-51(50,55)6)24-17-25-40(48)53(45)41-31-35(49(2,3)4)30-37-44-47(54(42)46(37)41)36-22-13-14-23-38(36)52(44,33-18-9-7-10-19-33)34-20-11-8-12-21-34/h7-14,17-25,28-31H,15-16,26-27H2,1-6H3. The third-order valence-electron chi connectivity index (χ3n) is 15.2. The molecule has 0 spiro atoms. The first-order chi connectivity index (χ1) is 26.6. The van der Waals surface area contributed by atoms with E-state index in [2.05, 4.69) is 178 Å². The molecule has 5 aliphatic rings. The summed E-state index contributed by atoms with van der Waals surface area (Å²) < 4.78 is 2.74. The number of hydrogen-bond donors (Lipinski definition) is 0. The highest BCUT2D eigenvalue weighted by atomic mass is 15.3. The van der Waals surface area contributed by atoms with Gasteiger partial charge in [0.1, 0.15) is 0 Å². The highest BCUT2D eigenvalue weighted by Gasteiger charge is 2.61. The Morgan fingerprint density at radius 2 is 1.31 bits per heavy atom. The van der Waals surface area contributed by atoms with Crippen LogP contribution in [-0.2, 0) is 16.2 Å². The van der Waals surface area contributed by atoms with Crippen molar-refractivity contribution in [2.45, 2.75) is 89.0 Å². The van der Waals surface area contributed by atoms with E-state index < -0.39 is 5.41 Å². The Kier molecular flexibility index (Phi) is 6.00. The Morgan fingerprint density at radius 1 is 0.655 bits per heavy atom. The summed E-state index contributed by atoms with van der Waals surface area (Å²) in [6, 6.07) is 49.7. The van der Waals surface area contributed by atoms with Gasteiger partial charge in [-0.2, -0.15) is 0 Å². The van der Waals surface area contributed by atoms with Crippen LogP contribution < -0.4 is 21.3 Å². The van der Waals surface area contributed by atoms with Gasteiger partial charge < -0.3 is 9.47 Å². The molecule has 2 aliphatic carbocycles. The van der Waals surface area contributed by atoms with Gasteiger partial charge in [0.05, 0.1) is 16.6 Å². The zero-order chi connectivity index (χ0) is 37.2. The first-order valence-electron chi connectivity index (χ1n) is 20.6. The zero-order valence-corrected chi connectivity index (χ0v) is 32.9. The minimum atomic E-state index is -0.488. The molecular weight excluding hydrogens is 663 g/mol. The number of fused-ring (bicyclic) bond motifs is 12. The van der Waals surface area contributed by atoms with E-state index in [1.54, 1.807) is 5.56 Å². The first-order valence-corrected chi connectivity index (χ1v) is 20.6. The number of benzene rings is 6. The van der Waals surface area contributed by atoms with Crippen LogP contribution in [0.15, 0.2) is 127 Å². The van der Waals surface area contributed by atoms with E-state index in [-0.39, 0.29) is 23.1 Å². The fourth-order valence-corrected chi connectivity index (χ4v) is 12.6. The van der Waals surface area contributed by atoms with Crippen LogP contribution in [0.25, 0.3) is 27.8 Å². The van der Waals surface area contributed by atoms with Crippen LogP contribution in [0.4, 0.5) is 11.4 Å². The molecule has 55 heavy (non-hydrogen) atoms. The molecule has 0 N–H and O–H groups in total. The van der Waals surface area contributed by atoms with Gasteiger partial charge in [0.15, 0.2) is 0 Å². The van der Waals surface area contributed by atoms with Crippen LogP contribution in [-0.4, -0.2) is 16.8 Å². The smallest absolute Gasteiger partial charge is 0.252 e. The summed E-state index contributed by atoms with van der Waals surface area (Å²) in [6.45, 7) is 14.9. The van der Waals surface area contributed by atoms with Gasteiger partial charge in [-0.15, -0.1) is 0 Å². The average molecular weight is 711 g/mol. The third kappa shape index (κ3) is 3.61. The molecule has 0 bridgehead atoms. The summed E-state index contributed by atoms with van der Waals surface area (Å²) in [6.07, 6.45) is 5.03. The van der Waals surface area contributed by atoms with E-state index >= 15 is 0 Å². The van der Waals surface area contributed by atoms with Crippen LogP contribution >= 0.6 is 0 Å². The number of anilines is 2. The highest BCUT2D eigenvalue weighted by molar-refractivity contribution is 7.00. The van der Waals surface area contributed by atoms with Crippen LogP contribution in [0, 0.1) is 6.92 Å². The van der Waals surface area contributed by atoms with E-state index in [0.717, 1.165) is 0 Å². The molecule has 0 saturated heterocycles. The number of aryl methyl sites for hydroxylation is 1. The summed E-state index contributed by atoms with van der Waals surface area (Å²) in [5.41, 5.74) is 22.1. The second-order valence-electron chi connectivity index (χ2n) is 18.8. The lowest BCUT2D eigenvalue weighted by Gasteiger charge is -2.52. The van der Waals surface area contributed by atoms with E-state index in [4.69, 9.17) is 0 Å². The molecule has 1 aromatic heterocycles. The van der Waals surface area contributed by atoms with Gasteiger partial charge in [-0.1, -0.05) is 150 Å². The maximum Gasteiger partial charge on any atom is 0.252 e.